The molecule has 0 spiro atoms. The SMILES string of the molecule is Cc1ccc2ccc(NCCCNc3ccc(S(=O)(=O)N(C)C)c4nonc34)nc2n1. The van der Waals surface area contributed by atoms with Crippen LogP contribution in [0.25, 0.3) is 22.1 Å². The van der Waals surface area contributed by atoms with Crippen LogP contribution in [0.5, 0.6) is 0 Å². The molecule has 4 rings (SSSR count). The summed E-state index contributed by atoms with van der Waals surface area (Å²) in [5.74, 6) is 0.770. The predicted molar refractivity (Wildman–Crippen MR) is 119 cm³/mol. The Morgan fingerprint density at radius 1 is 0.935 bits per heavy atom. The van der Waals surface area contributed by atoms with Crippen molar-refractivity contribution in [3.63, 3.8) is 0 Å². The summed E-state index contributed by atoms with van der Waals surface area (Å²) in [4.78, 5) is 9.05. The third-order valence-corrected chi connectivity index (χ3v) is 6.65. The third kappa shape index (κ3) is 4.28. The van der Waals surface area contributed by atoms with E-state index >= 15 is 0 Å². The van der Waals surface area contributed by atoms with Crippen LogP contribution < -0.4 is 10.6 Å². The minimum absolute atomic E-state index is 0.0622. The Labute approximate surface area is 179 Å². The predicted octanol–water partition coefficient (Wildman–Crippen LogP) is 2.64. The second-order valence-electron chi connectivity index (χ2n) is 7.26. The lowest BCUT2D eigenvalue weighted by Crippen LogP contribution is -2.22. The van der Waals surface area contributed by atoms with Crippen LogP contribution in [0.3, 0.4) is 0 Å². The molecule has 11 heteroatoms. The van der Waals surface area contributed by atoms with Gasteiger partial charge in [0, 0.05) is 38.3 Å². The molecule has 10 nitrogen and oxygen atoms in total. The standard InChI is InChI=1S/C20H23N7O3S/c1-13-5-6-14-7-10-17(24-20(14)23-13)22-12-4-11-21-15-8-9-16(31(28,29)27(2)3)19-18(15)25-30-26-19/h5-10,21H,4,11-12H2,1-3H3,(H,22,23,24). The molecular formula is C20H23N7O3S. The molecule has 0 bridgehead atoms. The molecule has 0 saturated carbocycles. The van der Waals surface area contributed by atoms with Gasteiger partial charge in [-0.05, 0) is 60.1 Å². The van der Waals surface area contributed by atoms with Crippen molar-refractivity contribution >= 4 is 43.6 Å². The fourth-order valence-corrected chi connectivity index (χ4v) is 4.12. The van der Waals surface area contributed by atoms with E-state index in [0.29, 0.717) is 24.3 Å². The lowest BCUT2D eigenvalue weighted by Gasteiger charge is -2.13. The second kappa shape index (κ2) is 8.44. The van der Waals surface area contributed by atoms with Gasteiger partial charge in [0.25, 0.3) is 0 Å². The van der Waals surface area contributed by atoms with Gasteiger partial charge in [-0.2, -0.15) is 0 Å². The maximum atomic E-state index is 12.5. The molecular weight excluding hydrogens is 418 g/mol. The molecule has 1 aromatic carbocycles. The quantitative estimate of drug-likeness (QED) is 0.397. The molecule has 162 valence electrons. The average molecular weight is 442 g/mol. The van der Waals surface area contributed by atoms with E-state index in [1.165, 1.54) is 20.2 Å². The third-order valence-electron chi connectivity index (χ3n) is 4.80. The van der Waals surface area contributed by atoms with Crippen LogP contribution in [0.1, 0.15) is 12.1 Å². The van der Waals surface area contributed by atoms with E-state index in [2.05, 4.69) is 30.9 Å². The van der Waals surface area contributed by atoms with E-state index in [9.17, 15) is 8.42 Å². The Hall–Kier alpha value is -3.31. The number of sulfonamides is 1. The fraction of sp³-hybridized carbons (Fsp3) is 0.300. The molecule has 3 aromatic heterocycles. The number of fused-ring (bicyclic) bond motifs is 2. The second-order valence-corrected chi connectivity index (χ2v) is 9.38. The number of benzene rings is 1. The van der Waals surface area contributed by atoms with Crippen molar-refractivity contribution in [1.29, 1.82) is 0 Å². The zero-order chi connectivity index (χ0) is 22.0. The van der Waals surface area contributed by atoms with Crippen LogP contribution in [-0.4, -0.2) is 60.2 Å². The van der Waals surface area contributed by atoms with Gasteiger partial charge < -0.3 is 10.6 Å². The van der Waals surface area contributed by atoms with Crippen molar-refractivity contribution in [2.24, 2.45) is 0 Å². The number of aromatic nitrogens is 4. The molecule has 2 N–H and O–H groups in total. The Balaban J connectivity index is 1.38. The highest BCUT2D eigenvalue weighted by molar-refractivity contribution is 7.89. The molecule has 31 heavy (non-hydrogen) atoms. The van der Waals surface area contributed by atoms with Crippen molar-refractivity contribution in [3.8, 4) is 0 Å². The summed E-state index contributed by atoms with van der Waals surface area (Å²) in [5.41, 5.74) is 2.90. The van der Waals surface area contributed by atoms with E-state index in [1.54, 1.807) is 6.07 Å². The number of rotatable bonds is 8. The highest BCUT2D eigenvalue weighted by Gasteiger charge is 2.24. The van der Waals surface area contributed by atoms with E-state index in [0.717, 1.165) is 33.3 Å². The Morgan fingerprint density at radius 2 is 1.68 bits per heavy atom. The van der Waals surface area contributed by atoms with Crippen molar-refractivity contribution in [1.82, 2.24) is 24.6 Å². The topological polar surface area (TPSA) is 126 Å². The highest BCUT2D eigenvalue weighted by Crippen LogP contribution is 2.28. The van der Waals surface area contributed by atoms with E-state index < -0.39 is 10.0 Å². The molecule has 0 aliphatic rings. The van der Waals surface area contributed by atoms with Crippen LogP contribution in [0.15, 0.2) is 45.9 Å². The first-order chi connectivity index (χ1) is 14.9. The van der Waals surface area contributed by atoms with Gasteiger partial charge in [-0.25, -0.2) is 27.3 Å². The number of hydrogen-bond acceptors (Lipinski definition) is 9. The number of anilines is 2. The number of nitrogens with one attached hydrogen (secondary N) is 2. The normalized spacial score (nSPS) is 12.0. The molecule has 0 unspecified atom stereocenters. The van der Waals surface area contributed by atoms with Crippen molar-refractivity contribution < 1.29 is 13.0 Å². The molecule has 0 aliphatic carbocycles. The zero-order valence-electron chi connectivity index (χ0n) is 17.5. The smallest absolute Gasteiger partial charge is 0.244 e. The Bertz CT molecular complexity index is 1340. The molecule has 0 saturated heterocycles. The van der Waals surface area contributed by atoms with E-state index in [-0.39, 0.29) is 10.4 Å². The summed E-state index contributed by atoms with van der Waals surface area (Å²) < 4.78 is 30.9. The van der Waals surface area contributed by atoms with Crippen molar-refractivity contribution in [2.45, 2.75) is 18.2 Å². The molecule has 4 aromatic rings. The molecule has 0 fully saturated rings. The summed E-state index contributed by atoms with van der Waals surface area (Å²) in [7, 11) is -0.712. The number of nitrogens with zero attached hydrogens (tertiary/aromatic N) is 5. The Kier molecular flexibility index (Phi) is 5.70. The minimum atomic E-state index is -3.65. The lowest BCUT2D eigenvalue weighted by molar-refractivity contribution is 0.315. The number of aryl methyl sites for hydroxylation is 1. The average Bonchev–Trinajstić information content (AvgIpc) is 3.23. The van der Waals surface area contributed by atoms with Gasteiger partial charge in [-0.15, -0.1) is 0 Å². The van der Waals surface area contributed by atoms with Crippen LogP contribution in [0.2, 0.25) is 0 Å². The summed E-state index contributed by atoms with van der Waals surface area (Å²) in [6.45, 7) is 3.28. The summed E-state index contributed by atoms with van der Waals surface area (Å²) in [5, 5.41) is 15.2. The van der Waals surface area contributed by atoms with E-state index in [4.69, 9.17) is 4.63 Å². The maximum Gasteiger partial charge on any atom is 0.244 e. The first kappa shape index (κ1) is 20.9. The van der Waals surface area contributed by atoms with Gasteiger partial charge in [0.15, 0.2) is 16.7 Å². The van der Waals surface area contributed by atoms with Crippen LogP contribution in [0.4, 0.5) is 11.5 Å². The number of pyridine rings is 2. The molecule has 0 atom stereocenters. The van der Waals surface area contributed by atoms with Crippen molar-refractivity contribution in [2.75, 3.05) is 37.8 Å². The van der Waals surface area contributed by atoms with Gasteiger partial charge in [-0.3, -0.25) is 0 Å². The largest absolute Gasteiger partial charge is 0.383 e. The molecule has 0 radical (unpaired) electrons. The van der Waals surface area contributed by atoms with Crippen LogP contribution >= 0.6 is 0 Å². The first-order valence-electron chi connectivity index (χ1n) is 9.76. The molecule has 0 amide bonds. The lowest BCUT2D eigenvalue weighted by atomic mass is 10.2. The summed E-state index contributed by atoms with van der Waals surface area (Å²) in [6.07, 6.45) is 0.797. The fourth-order valence-electron chi connectivity index (χ4n) is 3.11. The molecule has 3 heterocycles. The van der Waals surface area contributed by atoms with E-state index in [1.807, 2.05) is 31.2 Å². The summed E-state index contributed by atoms with van der Waals surface area (Å²) in [6, 6.07) is 11.1. The first-order valence-corrected chi connectivity index (χ1v) is 11.2. The maximum absolute atomic E-state index is 12.5. The van der Waals surface area contributed by atoms with Gasteiger partial charge in [0.05, 0.1) is 5.69 Å². The van der Waals surface area contributed by atoms with Gasteiger partial charge in [0.2, 0.25) is 10.0 Å². The highest BCUT2D eigenvalue weighted by atomic mass is 32.2. The number of hydrogen-bond donors (Lipinski definition) is 2. The zero-order valence-corrected chi connectivity index (χ0v) is 18.3. The van der Waals surface area contributed by atoms with Crippen LogP contribution in [0, 0.1) is 6.92 Å². The van der Waals surface area contributed by atoms with Gasteiger partial charge in [0.1, 0.15) is 10.7 Å². The van der Waals surface area contributed by atoms with Crippen molar-refractivity contribution in [3.05, 3.63) is 42.1 Å². The Morgan fingerprint density at radius 3 is 2.48 bits per heavy atom. The van der Waals surface area contributed by atoms with Gasteiger partial charge >= 0.3 is 0 Å². The monoisotopic (exact) mass is 441 g/mol. The molecule has 0 aliphatic heterocycles. The van der Waals surface area contributed by atoms with Gasteiger partial charge in [-0.1, -0.05) is 0 Å². The minimum Gasteiger partial charge on any atom is -0.383 e. The van der Waals surface area contributed by atoms with Crippen LogP contribution in [-0.2, 0) is 10.0 Å². The summed E-state index contributed by atoms with van der Waals surface area (Å²) >= 11 is 0.